The van der Waals surface area contributed by atoms with Crippen LogP contribution in [0.1, 0.15) is 66.3 Å². The van der Waals surface area contributed by atoms with Gasteiger partial charge in [0.15, 0.2) is 5.69 Å². The van der Waals surface area contributed by atoms with E-state index in [9.17, 15) is 0 Å². The molecule has 6 aromatic carbocycles. The predicted molar refractivity (Wildman–Crippen MR) is 240 cm³/mol. The molecule has 2 aromatic heterocycles. The monoisotopic (exact) mass is 832 g/mol. The van der Waals surface area contributed by atoms with Gasteiger partial charge in [0.2, 0.25) is 0 Å². The minimum absolute atomic E-state index is 0.245. The largest absolute Gasteiger partial charge is 0.489 e. The Labute approximate surface area is 357 Å². The summed E-state index contributed by atoms with van der Waals surface area (Å²) in [5, 5.41) is 26.0. The molecule has 0 spiro atoms. The van der Waals surface area contributed by atoms with Gasteiger partial charge < -0.3 is 10.0 Å². The average Bonchev–Trinajstić information content (AvgIpc) is 3.90. The van der Waals surface area contributed by atoms with E-state index in [-0.39, 0.29) is 5.46 Å². The van der Waals surface area contributed by atoms with E-state index in [1.54, 1.807) is 52.5 Å². The molecule has 0 bridgehead atoms. The number of nitriles is 1. The first-order chi connectivity index (χ1) is 30.2. The van der Waals surface area contributed by atoms with Gasteiger partial charge in [-0.25, -0.2) is 14.8 Å². The highest BCUT2D eigenvalue weighted by Crippen LogP contribution is 2.33. The van der Waals surface area contributed by atoms with Gasteiger partial charge in [-0.1, -0.05) is 130 Å². The van der Waals surface area contributed by atoms with Gasteiger partial charge in [-0.05, 0) is 99.2 Å². The van der Waals surface area contributed by atoms with Gasteiger partial charge in [-0.3, -0.25) is 9.13 Å². The smallest absolute Gasteiger partial charge is 0.423 e. The zero-order valence-corrected chi connectivity index (χ0v) is 34.0. The minimum Gasteiger partial charge on any atom is -0.423 e. The topological polar surface area (TPSA) is 104 Å². The Morgan fingerprint density at radius 3 is 1.79 bits per heavy atom. The molecule has 8 aromatic rings. The van der Waals surface area contributed by atoms with Gasteiger partial charge in [-0.2, -0.15) is 5.26 Å². The van der Waals surface area contributed by atoms with Gasteiger partial charge in [0.1, 0.15) is 12.7 Å². The maximum atomic E-state index is 8.74. The molecule has 0 radical (unpaired) electrons. The van der Waals surface area contributed by atoms with Crippen LogP contribution in [-0.4, -0.2) is 36.3 Å². The van der Waals surface area contributed by atoms with Crippen molar-refractivity contribution in [2.75, 3.05) is 0 Å². The zero-order valence-electron chi connectivity index (χ0n) is 38.4. The number of halogens is 1. The van der Waals surface area contributed by atoms with Crippen LogP contribution in [0.25, 0.3) is 49.4 Å². The minimum atomic E-state index is -2.10. The maximum absolute atomic E-state index is 8.74. The molecule has 0 fully saturated rings. The number of imidazole rings is 2. The second kappa shape index (κ2) is 17.5. The number of rotatable bonds is 4. The van der Waals surface area contributed by atoms with E-state index >= 15 is 0 Å². The van der Waals surface area contributed by atoms with Crippen molar-refractivity contribution in [3.8, 4) is 28.6 Å². The number of para-hydroxylation sites is 1. The van der Waals surface area contributed by atoms with E-state index in [1.807, 2.05) is 124 Å². The molecule has 0 atom stereocenters. The molecular weight excluding hydrogens is 783 g/mol. The molecule has 58 heavy (non-hydrogen) atoms. The summed E-state index contributed by atoms with van der Waals surface area (Å²) in [5.41, 5.74) is 7.95. The molecule has 2 N–H and O–H groups in total. The lowest BCUT2D eigenvalue weighted by Crippen LogP contribution is -2.31. The van der Waals surface area contributed by atoms with Gasteiger partial charge >= 0.3 is 7.12 Å². The van der Waals surface area contributed by atoms with Crippen molar-refractivity contribution >= 4 is 56.3 Å². The fraction of sp³-hybridized carbons (Fsp3) is 0.167. The Kier molecular flexibility index (Phi) is 10.2. The first-order valence-corrected chi connectivity index (χ1v) is 19.1. The van der Waals surface area contributed by atoms with E-state index in [0.29, 0.717) is 11.3 Å². The molecule has 0 saturated carbocycles. The molecule has 0 amide bonds. The number of benzene rings is 6. The van der Waals surface area contributed by atoms with Crippen LogP contribution >= 0.6 is 15.9 Å². The predicted octanol–water partition coefficient (Wildman–Crippen LogP) is 10.9. The summed E-state index contributed by atoms with van der Waals surface area (Å²) in [5.74, 6) is 0. The SMILES string of the molecule is N#Cc1ccccc1B(O)O.[2H]C([2H])([2H])C(C)(C)c1ccc2c(c1)ncn2-c1cccc(-c2ccccc2[N+]#[C-])c1.[2H]C([2H])([2H])C(C)(C)c1ccc2c(c1)ncn2-c1cccc(Br)c1. The lowest BCUT2D eigenvalue weighted by atomic mass is 9.77. The summed E-state index contributed by atoms with van der Waals surface area (Å²) in [6.07, 6.45) is 3.51. The highest BCUT2D eigenvalue weighted by Gasteiger charge is 2.17. The highest BCUT2D eigenvalue weighted by molar-refractivity contribution is 9.10. The van der Waals surface area contributed by atoms with Gasteiger partial charge in [0.05, 0.1) is 40.3 Å². The number of nitrogens with zero attached hydrogens (tertiary/aromatic N) is 6. The van der Waals surface area contributed by atoms with E-state index in [4.69, 9.17) is 30.1 Å². The van der Waals surface area contributed by atoms with Crippen molar-refractivity contribution in [2.45, 2.75) is 52.2 Å². The second-order valence-electron chi connectivity index (χ2n) is 14.6. The van der Waals surface area contributed by atoms with Crippen LogP contribution in [0.3, 0.4) is 0 Å². The molecule has 0 aliphatic heterocycles. The molecule has 0 aliphatic rings. The van der Waals surface area contributed by atoms with Crippen molar-refractivity contribution < 1.29 is 18.3 Å². The van der Waals surface area contributed by atoms with Crippen LogP contribution < -0.4 is 5.46 Å². The van der Waals surface area contributed by atoms with Crippen LogP contribution in [0.4, 0.5) is 5.69 Å². The Morgan fingerprint density at radius 2 is 1.26 bits per heavy atom. The summed E-state index contributed by atoms with van der Waals surface area (Å²) in [7, 11) is -1.56. The normalized spacial score (nSPS) is 13.1. The third kappa shape index (κ3) is 9.45. The Morgan fingerprint density at radius 1 is 0.707 bits per heavy atom. The molecule has 2 heterocycles. The number of hydrogen-bond acceptors (Lipinski definition) is 5. The van der Waals surface area contributed by atoms with Crippen molar-refractivity contribution in [3.63, 3.8) is 0 Å². The fourth-order valence-electron chi connectivity index (χ4n) is 6.30. The summed E-state index contributed by atoms with van der Waals surface area (Å²) in [6.45, 7) is 10.2. The van der Waals surface area contributed by atoms with Gasteiger partial charge in [0.25, 0.3) is 0 Å². The molecule has 288 valence electrons. The van der Waals surface area contributed by atoms with E-state index in [0.717, 1.165) is 60.2 Å². The molecule has 0 aliphatic carbocycles. The Hall–Kier alpha value is -6.30. The van der Waals surface area contributed by atoms with E-state index in [2.05, 4.69) is 30.7 Å². The molecular formula is C48H44BBrN6O2. The van der Waals surface area contributed by atoms with Crippen molar-refractivity contribution in [2.24, 2.45) is 0 Å². The zero-order chi connectivity index (χ0) is 46.6. The number of aromatic nitrogens is 4. The molecule has 8 nitrogen and oxygen atoms in total. The standard InChI is InChI=1S/C24H21N3.C17H17BrN2.C7H6BNO2/c1-24(2,3)18-12-13-23-22(15-18)26-16-27(23)19-9-7-8-17(14-19)20-10-5-6-11-21(20)25-4;1-17(2,3)12-7-8-16-15(9-12)19-11-20(16)14-6-4-5-13(18)10-14;9-5-6-3-1-2-4-7(6)8(10)11/h5-16H,1-3H3;4-11H,1-3H3;1-4,10-11H/i2*1D3;. The van der Waals surface area contributed by atoms with Gasteiger partial charge in [0, 0.05) is 24.1 Å². The first-order valence-electron chi connectivity index (χ1n) is 21.3. The van der Waals surface area contributed by atoms with Crippen LogP contribution in [0.15, 0.2) is 151 Å². The third-order valence-corrected chi connectivity index (χ3v) is 9.94. The van der Waals surface area contributed by atoms with Crippen LogP contribution in [0.2, 0.25) is 0 Å². The lowest BCUT2D eigenvalue weighted by Gasteiger charge is -2.18. The summed E-state index contributed by atoms with van der Waals surface area (Å²) >= 11 is 3.48. The lowest BCUT2D eigenvalue weighted by molar-refractivity contribution is 0.425. The van der Waals surface area contributed by atoms with Crippen LogP contribution in [0.5, 0.6) is 0 Å². The van der Waals surface area contributed by atoms with E-state index in [1.165, 1.54) is 12.1 Å². The Bertz CT molecular complexity index is 3040. The highest BCUT2D eigenvalue weighted by atomic mass is 79.9. The number of fused-ring (bicyclic) bond motifs is 2. The van der Waals surface area contributed by atoms with Crippen LogP contribution in [-0.2, 0) is 10.8 Å². The van der Waals surface area contributed by atoms with E-state index < -0.39 is 31.7 Å². The third-order valence-electron chi connectivity index (χ3n) is 9.44. The van der Waals surface area contributed by atoms with Gasteiger partial charge in [-0.15, -0.1) is 0 Å². The number of hydrogen-bond donors (Lipinski definition) is 2. The average molecular weight is 834 g/mol. The van der Waals surface area contributed by atoms with Crippen molar-refractivity contribution in [1.82, 2.24) is 19.1 Å². The molecule has 0 unspecified atom stereocenters. The molecule has 10 heteroatoms. The quantitative estimate of drug-likeness (QED) is 0.136. The van der Waals surface area contributed by atoms with Crippen molar-refractivity contribution in [3.05, 3.63) is 179 Å². The summed E-state index contributed by atoms with van der Waals surface area (Å²) < 4.78 is 51.7. The summed E-state index contributed by atoms with van der Waals surface area (Å²) in [4.78, 5) is 12.6. The molecule has 0 saturated heterocycles. The Balaban J connectivity index is 0.000000176. The fourth-order valence-corrected chi connectivity index (χ4v) is 6.69. The first kappa shape index (κ1) is 33.8. The summed E-state index contributed by atoms with van der Waals surface area (Å²) in [6, 6.07) is 43.0. The van der Waals surface area contributed by atoms with Crippen LogP contribution in [0, 0.1) is 17.9 Å². The van der Waals surface area contributed by atoms with Crippen molar-refractivity contribution in [1.29, 1.82) is 5.26 Å². The maximum Gasteiger partial charge on any atom is 0.489 e. The second-order valence-corrected chi connectivity index (χ2v) is 15.5. The molecule has 8 rings (SSSR count).